The van der Waals surface area contributed by atoms with Gasteiger partial charge in [0.25, 0.3) is 0 Å². The summed E-state index contributed by atoms with van der Waals surface area (Å²) in [7, 11) is 1.73. The first-order valence-corrected chi connectivity index (χ1v) is 5.87. The number of halogens is 2. The van der Waals surface area contributed by atoms with Crippen molar-refractivity contribution >= 4 is 45.2 Å². The molecule has 0 atom stereocenters. The minimum Gasteiger partial charge on any atom is -0.495 e. The van der Waals surface area contributed by atoms with Gasteiger partial charge in [0.05, 0.1) is 10.7 Å². The summed E-state index contributed by atoms with van der Waals surface area (Å²) in [6.45, 7) is 2.14. The van der Waals surface area contributed by atoms with Crippen molar-refractivity contribution in [3.05, 3.63) is 24.8 Å². The summed E-state index contributed by atoms with van der Waals surface area (Å²) in [6, 6.07) is 4.26. The molecule has 1 aromatic rings. The van der Waals surface area contributed by atoms with E-state index in [0.29, 0.717) is 0 Å². The predicted octanol–water partition coefficient (Wildman–Crippen LogP) is 3.47. The lowest BCUT2D eigenvalue weighted by Crippen LogP contribution is -1.95. The van der Waals surface area contributed by atoms with E-state index in [-0.39, 0.29) is 0 Å². The largest absolute Gasteiger partial charge is 0.495 e. The number of benzene rings is 1. The molecule has 0 heterocycles. The van der Waals surface area contributed by atoms with Crippen molar-refractivity contribution in [3.63, 3.8) is 0 Å². The molecule has 0 radical (unpaired) electrons. The van der Waals surface area contributed by atoms with Gasteiger partial charge in [0.15, 0.2) is 0 Å². The Morgan fingerprint density at radius 2 is 2.00 bits per heavy atom. The van der Waals surface area contributed by atoms with Crippen LogP contribution < -0.4 is 4.74 Å². The third-order valence-corrected chi connectivity index (χ3v) is 4.72. The topological polar surface area (TPSA) is 9.23 Å². The number of ether oxygens (including phenoxy) is 1. The Bertz CT molecular complexity index is 284. The van der Waals surface area contributed by atoms with Crippen LogP contribution in [0.5, 0.6) is 5.75 Å². The summed E-state index contributed by atoms with van der Waals surface area (Å²) in [5.41, 5.74) is 1.28. The summed E-state index contributed by atoms with van der Waals surface area (Å²) in [4.78, 5) is 0. The van der Waals surface area contributed by atoms with E-state index in [9.17, 15) is 0 Å². The zero-order valence-electron chi connectivity index (χ0n) is 7.03. The number of aryl methyl sites for hydroxylation is 1. The first kappa shape index (κ1) is 10.6. The molecule has 0 fully saturated rings. The van der Waals surface area contributed by atoms with E-state index in [4.69, 9.17) is 4.74 Å². The lowest BCUT2D eigenvalue weighted by Gasteiger charge is -2.09. The highest BCUT2D eigenvalue weighted by atomic mass is 127. The highest BCUT2D eigenvalue weighted by molar-refractivity contribution is 14.1. The van der Waals surface area contributed by atoms with Crippen molar-refractivity contribution in [3.8, 4) is 5.75 Å². The Kier molecular flexibility index (Phi) is 4.09. The lowest BCUT2D eigenvalue weighted by molar-refractivity contribution is 0.406. The number of hydrogen-bond acceptors (Lipinski definition) is 1. The van der Waals surface area contributed by atoms with Crippen molar-refractivity contribution < 1.29 is 4.74 Å². The van der Waals surface area contributed by atoms with Crippen molar-refractivity contribution in [1.29, 1.82) is 0 Å². The molecule has 0 saturated heterocycles. The third-order valence-electron chi connectivity index (χ3n) is 1.72. The van der Waals surface area contributed by atoms with Crippen LogP contribution >= 0.6 is 45.2 Å². The van der Waals surface area contributed by atoms with Gasteiger partial charge in [-0.1, -0.05) is 13.0 Å². The number of rotatable bonds is 2. The molecule has 66 valence electrons. The zero-order chi connectivity index (χ0) is 9.14. The van der Waals surface area contributed by atoms with Crippen LogP contribution in [0.2, 0.25) is 0 Å². The predicted molar refractivity (Wildman–Crippen MR) is 67.8 cm³/mol. The molecule has 0 N–H and O–H groups in total. The quantitative estimate of drug-likeness (QED) is 0.706. The molecular weight excluding hydrogens is 378 g/mol. The summed E-state index contributed by atoms with van der Waals surface area (Å²) in [5.74, 6) is 1.03. The number of methoxy groups -OCH3 is 1. The van der Waals surface area contributed by atoms with E-state index in [2.05, 4.69) is 64.2 Å². The van der Waals surface area contributed by atoms with Gasteiger partial charge in [0.2, 0.25) is 0 Å². The fourth-order valence-corrected chi connectivity index (χ4v) is 2.24. The second kappa shape index (κ2) is 4.64. The summed E-state index contributed by atoms with van der Waals surface area (Å²) < 4.78 is 7.81. The number of hydrogen-bond donors (Lipinski definition) is 0. The standard InChI is InChI=1S/C9H10I2O/c1-3-6-4-5-7(10)8(11)9(6)12-2/h4-5H,3H2,1-2H3. The lowest BCUT2D eigenvalue weighted by atomic mass is 10.1. The molecule has 0 aliphatic carbocycles. The van der Waals surface area contributed by atoms with Gasteiger partial charge < -0.3 is 4.74 Å². The first-order valence-electron chi connectivity index (χ1n) is 3.71. The minimum atomic E-state index is 1.02. The summed E-state index contributed by atoms with van der Waals surface area (Å²) >= 11 is 4.64. The maximum Gasteiger partial charge on any atom is 0.136 e. The highest BCUT2D eigenvalue weighted by Gasteiger charge is 2.08. The van der Waals surface area contributed by atoms with Crippen molar-refractivity contribution in [2.45, 2.75) is 13.3 Å². The van der Waals surface area contributed by atoms with Crippen molar-refractivity contribution in [2.75, 3.05) is 7.11 Å². The average molecular weight is 388 g/mol. The van der Waals surface area contributed by atoms with Crippen LogP contribution in [-0.2, 0) is 6.42 Å². The molecular formula is C9H10I2O. The van der Waals surface area contributed by atoms with Gasteiger partial charge in [-0.05, 0) is 63.2 Å². The van der Waals surface area contributed by atoms with Gasteiger partial charge in [-0.2, -0.15) is 0 Å². The van der Waals surface area contributed by atoms with Crippen molar-refractivity contribution in [2.24, 2.45) is 0 Å². The van der Waals surface area contributed by atoms with Crippen LogP contribution in [0.3, 0.4) is 0 Å². The molecule has 0 amide bonds. The molecule has 1 aromatic carbocycles. The van der Waals surface area contributed by atoms with Gasteiger partial charge in [0, 0.05) is 3.57 Å². The molecule has 0 aliphatic heterocycles. The maximum atomic E-state index is 5.34. The van der Waals surface area contributed by atoms with Crippen molar-refractivity contribution in [1.82, 2.24) is 0 Å². The molecule has 12 heavy (non-hydrogen) atoms. The normalized spacial score (nSPS) is 10.0. The van der Waals surface area contributed by atoms with E-state index in [0.717, 1.165) is 12.2 Å². The van der Waals surface area contributed by atoms with Crippen LogP contribution in [0.4, 0.5) is 0 Å². The van der Waals surface area contributed by atoms with Gasteiger partial charge >= 0.3 is 0 Å². The van der Waals surface area contributed by atoms with Crippen LogP contribution in [-0.4, -0.2) is 7.11 Å². The Hall–Kier alpha value is 0.480. The van der Waals surface area contributed by atoms with E-state index in [1.54, 1.807) is 7.11 Å². The van der Waals surface area contributed by atoms with Crippen LogP contribution in [0.15, 0.2) is 12.1 Å². The molecule has 0 saturated carbocycles. The minimum absolute atomic E-state index is 1.02. The molecule has 3 heteroatoms. The van der Waals surface area contributed by atoms with Crippen LogP contribution in [0, 0.1) is 7.14 Å². The van der Waals surface area contributed by atoms with E-state index < -0.39 is 0 Å². The van der Waals surface area contributed by atoms with Gasteiger partial charge in [-0.15, -0.1) is 0 Å². The average Bonchev–Trinajstić information content (AvgIpc) is 2.09. The van der Waals surface area contributed by atoms with Gasteiger partial charge in [0.1, 0.15) is 5.75 Å². The molecule has 0 bridgehead atoms. The summed E-state index contributed by atoms with van der Waals surface area (Å²) in [6.07, 6.45) is 1.02. The maximum absolute atomic E-state index is 5.34. The Balaban J connectivity index is 3.25. The molecule has 1 nitrogen and oxygen atoms in total. The zero-order valence-corrected chi connectivity index (χ0v) is 11.3. The van der Waals surface area contributed by atoms with E-state index in [1.807, 2.05) is 0 Å². The Morgan fingerprint density at radius 3 is 2.50 bits per heavy atom. The van der Waals surface area contributed by atoms with Crippen LogP contribution in [0.25, 0.3) is 0 Å². The fraction of sp³-hybridized carbons (Fsp3) is 0.333. The first-order chi connectivity index (χ1) is 5.70. The molecule has 0 spiro atoms. The Labute approximate surface area is 100 Å². The smallest absolute Gasteiger partial charge is 0.136 e. The monoisotopic (exact) mass is 388 g/mol. The van der Waals surface area contributed by atoms with Gasteiger partial charge in [-0.25, -0.2) is 0 Å². The van der Waals surface area contributed by atoms with Crippen LogP contribution in [0.1, 0.15) is 12.5 Å². The SMILES string of the molecule is CCc1ccc(I)c(I)c1OC. The molecule has 0 aliphatic rings. The second-order valence-electron chi connectivity index (χ2n) is 2.41. The molecule has 0 aromatic heterocycles. The van der Waals surface area contributed by atoms with Gasteiger partial charge in [-0.3, -0.25) is 0 Å². The highest BCUT2D eigenvalue weighted by Crippen LogP contribution is 2.29. The Morgan fingerprint density at radius 1 is 1.33 bits per heavy atom. The molecule has 0 unspecified atom stereocenters. The van der Waals surface area contributed by atoms with E-state index >= 15 is 0 Å². The summed E-state index contributed by atoms with van der Waals surface area (Å²) in [5, 5.41) is 0. The molecule has 1 rings (SSSR count). The second-order valence-corrected chi connectivity index (χ2v) is 4.65. The van der Waals surface area contributed by atoms with E-state index in [1.165, 1.54) is 12.7 Å². The third kappa shape index (κ3) is 2.04. The fourth-order valence-electron chi connectivity index (χ4n) is 1.07.